The van der Waals surface area contributed by atoms with Crippen LogP contribution in [-0.2, 0) is 19.9 Å². The lowest BCUT2D eigenvalue weighted by atomic mass is 10.1. The molecule has 3 aromatic rings. The molecule has 0 spiro atoms. The van der Waals surface area contributed by atoms with Crippen LogP contribution in [0.2, 0.25) is 0 Å². The minimum Gasteiger partial charge on any atom is -0.352 e. The monoisotopic (exact) mass is 384 g/mol. The van der Waals surface area contributed by atoms with Gasteiger partial charge in [0.1, 0.15) is 0 Å². The molecule has 0 saturated carbocycles. The van der Waals surface area contributed by atoms with Crippen LogP contribution in [0.1, 0.15) is 28.0 Å². The lowest BCUT2D eigenvalue weighted by Crippen LogP contribution is -2.25. The Labute approximate surface area is 163 Å². The number of carbonyl (C=O) groups is 1. The quantitative estimate of drug-likeness (QED) is 0.677. The third-order valence-electron chi connectivity index (χ3n) is 4.09. The summed E-state index contributed by atoms with van der Waals surface area (Å²) in [6.07, 6.45) is 1.68. The molecule has 0 atom stereocenters. The first kappa shape index (κ1) is 19.0. The zero-order valence-electron chi connectivity index (χ0n) is 16.1. The maximum Gasteiger partial charge on any atom is 0.251 e. The summed E-state index contributed by atoms with van der Waals surface area (Å²) < 4.78 is 1.72. The lowest BCUT2D eigenvalue weighted by Gasteiger charge is -2.08. The molecule has 0 aliphatic carbocycles. The number of rotatable bonds is 7. The van der Waals surface area contributed by atoms with Gasteiger partial charge in [0.15, 0.2) is 5.82 Å². The summed E-state index contributed by atoms with van der Waals surface area (Å²) >= 11 is 1.67. The Hall–Kier alpha value is -2.74. The zero-order chi connectivity index (χ0) is 19.4. The Bertz CT molecular complexity index is 930. The van der Waals surface area contributed by atoms with Gasteiger partial charge in [-0.25, -0.2) is 9.67 Å². The second-order valence-electron chi connectivity index (χ2n) is 6.43. The molecule has 0 fully saturated rings. The van der Waals surface area contributed by atoms with Crippen LogP contribution < -0.4 is 10.2 Å². The molecule has 1 aromatic carbocycles. The number of anilines is 1. The Morgan fingerprint density at radius 2 is 2.11 bits per heavy atom. The molecule has 3 rings (SSSR count). The van der Waals surface area contributed by atoms with Crippen molar-refractivity contribution < 1.29 is 4.79 Å². The van der Waals surface area contributed by atoms with Crippen molar-refractivity contribution in [3.8, 4) is 11.4 Å². The first-order valence-corrected chi connectivity index (χ1v) is 9.76. The number of hydrogen-bond donors (Lipinski definition) is 1. The second-order valence-corrected chi connectivity index (χ2v) is 7.37. The van der Waals surface area contributed by atoms with E-state index in [-0.39, 0.29) is 5.91 Å². The highest BCUT2D eigenvalue weighted by atomic mass is 32.1. The van der Waals surface area contributed by atoms with Gasteiger partial charge >= 0.3 is 0 Å². The Morgan fingerprint density at radius 3 is 2.78 bits per heavy atom. The fourth-order valence-electron chi connectivity index (χ4n) is 2.72. The van der Waals surface area contributed by atoms with Crippen molar-refractivity contribution in [1.29, 1.82) is 0 Å². The molecular weight excluding hydrogens is 360 g/mol. The van der Waals surface area contributed by atoms with E-state index >= 15 is 0 Å². The van der Waals surface area contributed by atoms with E-state index < -0.39 is 0 Å². The van der Waals surface area contributed by atoms with Gasteiger partial charge in [-0.1, -0.05) is 19.1 Å². The SMILES string of the molecule is CCc1nc(CCNC(=O)c2cccc(-c3nc(N(C)C)n(C)n3)c2)cs1. The molecule has 0 bridgehead atoms. The zero-order valence-corrected chi connectivity index (χ0v) is 16.9. The molecule has 7 nitrogen and oxygen atoms in total. The second kappa shape index (κ2) is 8.30. The van der Waals surface area contributed by atoms with Crippen LogP contribution in [0.4, 0.5) is 5.95 Å². The lowest BCUT2D eigenvalue weighted by molar-refractivity contribution is 0.0954. The summed E-state index contributed by atoms with van der Waals surface area (Å²) in [4.78, 5) is 23.4. The summed E-state index contributed by atoms with van der Waals surface area (Å²) in [6, 6.07) is 7.38. The number of nitrogens with one attached hydrogen (secondary N) is 1. The number of nitrogens with zero attached hydrogens (tertiary/aromatic N) is 5. The maximum absolute atomic E-state index is 12.5. The van der Waals surface area contributed by atoms with Crippen LogP contribution in [0.25, 0.3) is 11.4 Å². The van der Waals surface area contributed by atoms with Crippen LogP contribution in [0.3, 0.4) is 0 Å². The van der Waals surface area contributed by atoms with Gasteiger partial charge in [0.2, 0.25) is 5.95 Å². The summed E-state index contributed by atoms with van der Waals surface area (Å²) in [7, 11) is 5.69. The van der Waals surface area contributed by atoms with E-state index in [2.05, 4.69) is 32.7 Å². The van der Waals surface area contributed by atoms with Gasteiger partial charge in [0.05, 0.1) is 10.7 Å². The minimum atomic E-state index is -0.105. The Kier molecular flexibility index (Phi) is 5.85. The summed E-state index contributed by atoms with van der Waals surface area (Å²) in [5.41, 5.74) is 2.44. The highest BCUT2D eigenvalue weighted by Gasteiger charge is 2.13. The third-order valence-corrected chi connectivity index (χ3v) is 5.13. The smallest absolute Gasteiger partial charge is 0.251 e. The largest absolute Gasteiger partial charge is 0.352 e. The Balaban J connectivity index is 1.65. The fraction of sp³-hybridized carbons (Fsp3) is 0.368. The van der Waals surface area contributed by atoms with Crippen LogP contribution in [0, 0.1) is 0 Å². The van der Waals surface area contributed by atoms with Crippen LogP contribution in [0.15, 0.2) is 29.6 Å². The van der Waals surface area contributed by atoms with Crippen molar-refractivity contribution in [2.75, 3.05) is 25.5 Å². The van der Waals surface area contributed by atoms with Crippen molar-refractivity contribution >= 4 is 23.2 Å². The van der Waals surface area contributed by atoms with Crippen LogP contribution in [-0.4, -0.2) is 46.3 Å². The van der Waals surface area contributed by atoms with Gasteiger partial charge in [0, 0.05) is 50.6 Å². The predicted octanol–water partition coefficient (Wildman–Crippen LogP) is 2.54. The maximum atomic E-state index is 12.5. The normalized spacial score (nSPS) is 10.8. The molecular formula is C19H24N6OS. The number of carbonyl (C=O) groups excluding carboxylic acids is 1. The average Bonchev–Trinajstić information content (AvgIpc) is 3.28. The minimum absolute atomic E-state index is 0.105. The first-order chi connectivity index (χ1) is 13.0. The van der Waals surface area contributed by atoms with E-state index in [0.29, 0.717) is 17.9 Å². The van der Waals surface area contributed by atoms with Crippen molar-refractivity contribution in [2.24, 2.45) is 7.05 Å². The molecule has 1 N–H and O–H groups in total. The summed E-state index contributed by atoms with van der Waals surface area (Å²) in [5.74, 6) is 1.26. The van der Waals surface area contributed by atoms with Crippen LogP contribution in [0.5, 0.6) is 0 Å². The number of hydrogen-bond acceptors (Lipinski definition) is 6. The number of amides is 1. The van der Waals surface area contributed by atoms with Gasteiger partial charge in [-0.2, -0.15) is 4.98 Å². The van der Waals surface area contributed by atoms with Crippen molar-refractivity contribution in [1.82, 2.24) is 25.1 Å². The van der Waals surface area contributed by atoms with Crippen LogP contribution >= 0.6 is 11.3 Å². The highest BCUT2D eigenvalue weighted by molar-refractivity contribution is 7.09. The predicted molar refractivity (Wildman–Crippen MR) is 108 cm³/mol. The molecule has 0 aliphatic rings. The molecule has 0 aliphatic heterocycles. The van der Waals surface area contributed by atoms with E-state index in [9.17, 15) is 4.79 Å². The first-order valence-electron chi connectivity index (χ1n) is 8.88. The number of benzene rings is 1. The molecule has 142 valence electrons. The van der Waals surface area contributed by atoms with Gasteiger partial charge < -0.3 is 10.2 Å². The van der Waals surface area contributed by atoms with E-state index in [1.807, 2.05) is 44.2 Å². The van der Waals surface area contributed by atoms with Gasteiger partial charge in [-0.15, -0.1) is 16.4 Å². The fourth-order valence-corrected chi connectivity index (χ4v) is 3.50. The van der Waals surface area contributed by atoms with Crippen molar-refractivity contribution in [2.45, 2.75) is 19.8 Å². The van der Waals surface area contributed by atoms with E-state index in [0.717, 1.165) is 35.1 Å². The molecule has 0 saturated heterocycles. The molecule has 2 heterocycles. The topological polar surface area (TPSA) is 75.9 Å². The number of aryl methyl sites for hydroxylation is 2. The third kappa shape index (κ3) is 4.51. The van der Waals surface area contributed by atoms with Crippen molar-refractivity contribution in [3.63, 3.8) is 0 Å². The molecule has 8 heteroatoms. The molecule has 2 aromatic heterocycles. The molecule has 0 radical (unpaired) electrons. The number of aromatic nitrogens is 4. The molecule has 0 unspecified atom stereocenters. The summed E-state index contributed by atoms with van der Waals surface area (Å²) in [6.45, 7) is 2.65. The molecule has 27 heavy (non-hydrogen) atoms. The van der Waals surface area contributed by atoms with Gasteiger partial charge in [-0.05, 0) is 18.6 Å². The van der Waals surface area contributed by atoms with Gasteiger partial charge in [-0.3, -0.25) is 4.79 Å². The Morgan fingerprint density at radius 1 is 1.30 bits per heavy atom. The average molecular weight is 385 g/mol. The molecule has 1 amide bonds. The highest BCUT2D eigenvalue weighted by Crippen LogP contribution is 2.19. The van der Waals surface area contributed by atoms with Crippen molar-refractivity contribution in [3.05, 3.63) is 45.9 Å². The van der Waals surface area contributed by atoms with E-state index in [1.165, 1.54) is 0 Å². The van der Waals surface area contributed by atoms with E-state index in [4.69, 9.17) is 0 Å². The van der Waals surface area contributed by atoms with Gasteiger partial charge in [0.25, 0.3) is 5.91 Å². The number of thiazole rings is 1. The van der Waals surface area contributed by atoms with E-state index in [1.54, 1.807) is 22.1 Å². The summed E-state index contributed by atoms with van der Waals surface area (Å²) in [5, 5.41) is 10.6. The standard InChI is InChI=1S/C19H24N6OS/c1-5-16-21-15(12-27-16)9-10-20-18(26)14-8-6-7-13(11-14)17-22-19(24(2)3)25(4)23-17/h6-8,11-12H,5,9-10H2,1-4H3,(H,20,26).